The van der Waals surface area contributed by atoms with Crippen LogP contribution in [0.25, 0.3) is 0 Å². The number of nitrogens with zero attached hydrogens (tertiary/aromatic N) is 1. The minimum absolute atomic E-state index is 0.171. The Morgan fingerprint density at radius 3 is 2.00 bits per heavy atom. The van der Waals surface area contributed by atoms with Gasteiger partial charge in [-0.05, 0) is 30.2 Å². The summed E-state index contributed by atoms with van der Waals surface area (Å²) in [5.74, 6) is -0.679. The standard InChI is InChI=1S/C13H18BrNO3S/c1-9(2)12(13(16)15(3)4)19(17,18)11-7-5-10(14)6-8-11/h5-9,12H,1-4H3. The molecule has 1 aromatic carbocycles. The van der Waals surface area contributed by atoms with Crippen LogP contribution in [0.3, 0.4) is 0 Å². The van der Waals surface area contributed by atoms with Crippen molar-refractivity contribution in [2.75, 3.05) is 14.1 Å². The zero-order valence-electron chi connectivity index (χ0n) is 11.4. The van der Waals surface area contributed by atoms with Crippen LogP contribution in [-0.4, -0.2) is 38.6 Å². The van der Waals surface area contributed by atoms with Gasteiger partial charge >= 0.3 is 0 Å². The number of hydrogen-bond acceptors (Lipinski definition) is 3. The van der Waals surface area contributed by atoms with Crippen LogP contribution < -0.4 is 0 Å². The quantitative estimate of drug-likeness (QED) is 0.839. The van der Waals surface area contributed by atoms with Gasteiger partial charge in [-0.3, -0.25) is 4.79 Å². The van der Waals surface area contributed by atoms with Crippen molar-refractivity contribution in [3.8, 4) is 0 Å². The van der Waals surface area contributed by atoms with Gasteiger partial charge in [-0.25, -0.2) is 8.42 Å². The fourth-order valence-electron chi connectivity index (χ4n) is 1.80. The Labute approximate surface area is 122 Å². The number of hydrogen-bond donors (Lipinski definition) is 0. The van der Waals surface area contributed by atoms with Crippen molar-refractivity contribution < 1.29 is 13.2 Å². The van der Waals surface area contributed by atoms with Gasteiger partial charge in [0.2, 0.25) is 5.91 Å². The molecule has 1 rings (SSSR count). The Hall–Kier alpha value is -0.880. The molecule has 0 aliphatic carbocycles. The van der Waals surface area contributed by atoms with Crippen molar-refractivity contribution in [1.29, 1.82) is 0 Å². The van der Waals surface area contributed by atoms with E-state index in [1.165, 1.54) is 17.0 Å². The molecule has 0 heterocycles. The van der Waals surface area contributed by atoms with Crippen molar-refractivity contribution in [2.24, 2.45) is 5.92 Å². The van der Waals surface area contributed by atoms with Crippen LogP contribution in [0.1, 0.15) is 13.8 Å². The van der Waals surface area contributed by atoms with E-state index >= 15 is 0 Å². The summed E-state index contributed by atoms with van der Waals surface area (Å²) in [5.41, 5.74) is 0. The van der Waals surface area contributed by atoms with E-state index < -0.39 is 21.0 Å². The van der Waals surface area contributed by atoms with E-state index in [4.69, 9.17) is 0 Å². The molecule has 0 bridgehead atoms. The van der Waals surface area contributed by atoms with Gasteiger partial charge < -0.3 is 4.90 Å². The highest BCUT2D eigenvalue weighted by atomic mass is 79.9. The zero-order chi connectivity index (χ0) is 14.8. The van der Waals surface area contributed by atoms with Crippen LogP contribution in [0.15, 0.2) is 33.6 Å². The second kappa shape index (κ2) is 6.05. The zero-order valence-corrected chi connectivity index (χ0v) is 13.8. The molecule has 6 heteroatoms. The van der Waals surface area contributed by atoms with Crippen LogP contribution in [0.2, 0.25) is 0 Å². The van der Waals surface area contributed by atoms with Crippen molar-refractivity contribution in [1.82, 2.24) is 4.90 Å². The average molecular weight is 348 g/mol. The predicted octanol–water partition coefficient (Wildman–Crippen LogP) is 2.34. The molecular weight excluding hydrogens is 330 g/mol. The third kappa shape index (κ3) is 3.57. The maximum Gasteiger partial charge on any atom is 0.241 e. The van der Waals surface area contributed by atoms with Gasteiger partial charge in [0.15, 0.2) is 9.84 Å². The van der Waals surface area contributed by atoms with E-state index in [1.807, 2.05) is 0 Å². The number of sulfone groups is 1. The van der Waals surface area contributed by atoms with Crippen LogP contribution in [0.5, 0.6) is 0 Å². The third-order valence-corrected chi connectivity index (χ3v) is 5.64. The lowest BCUT2D eigenvalue weighted by Crippen LogP contribution is -2.42. The molecule has 106 valence electrons. The summed E-state index contributed by atoms with van der Waals surface area (Å²) in [6, 6.07) is 6.34. The first-order valence-corrected chi connectivity index (χ1v) is 8.22. The van der Waals surface area contributed by atoms with Crippen molar-refractivity contribution in [2.45, 2.75) is 24.0 Å². The number of amides is 1. The summed E-state index contributed by atoms with van der Waals surface area (Å²) in [6.45, 7) is 3.48. The molecule has 0 aromatic heterocycles. The van der Waals surface area contributed by atoms with Gasteiger partial charge in [-0.1, -0.05) is 29.8 Å². The first kappa shape index (κ1) is 16.2. The van der Waals surface area contributed by atoms with Crippen molar-refractivity contribution in [3.05, 3.63) is 28.7 Å². The molecule has 0 aliphatic rings. The number of carbonyl (C=O) groups is 1. The molecule has 0 N–H and O–H groups in total. The number of carbonyl (C=O) groups excluding carboxylic acids is 1. The average Bonchev–Trinajstić information content (AvgIpc) is 2.28. The molecule has 1 unspecified atom stereocenters. The highest BCUT2D eigenvalue weighted by Gasteiger charge is 2.37. The van der Waals surface area contributed by atoms with Crippen LogP contribution >= 0.6 is 15.9 Å². The molecule has 4 nitrogen and oxygen atoms in total. The minimum Gasteiger partial charge on any atom is -0.348 e. The second-order valence-electron chi connectivity index (χ2n) is 4.90. The SMILES string of the molecule is CC(C)C(C(=O)N(C)C)S(=O)(=O)c1ccc(Br)cc1. The van der Waals surface area contributed by atoms with E-state index in [1.54, 1.807) is 40.1 Å². The summed E-state index contributed by atoms with van der Waals surface area (Å²) < 4.78 is 25.9. The molecule has 0 fully saturated rings. The fourth-order valence-corrected chi connectivity index (χ4v) is 4.07. The molecule has 0 saturated heterocycles. The van der Waals surface area contributed by atoms with Gasteiger partial charge in [0.05, 0.1) is 4.90 Å². The van der Waals surface area contributed by atoms with E-state index in [-0.39, 0.29) is 10.8 Å². The monoisotopic (exact) mass is 347 g/mol. The van der Waals surface area contributed by atoms with Crippen LogP contribution in [0, 0.1) is 5.92 Å². The summed E-state index contributed by atoms with van der Waals surface area (Å²) in [7, 11) is -0.545. The lowest BCUT2D eigenvalue weighted by Gasteiger charge is -2.23. The topological polar surface area (TPSA) is 54.5 Å². The first-order chi connectivity index (χ1) is 8.67. The number of benzene rings is 1. The molecule has 1 aromatic rings. The smallest absolute Gasteiger partial charge is 0.241 e. The van der Waals surface area contributed by atoms with Gasteiger partial charge in [0.25, 0.3) is 0 Å². The van der Waals surface area contributed by atoms with Crippen molar-refractivity contribution >= 4 is 31.7 Å². The maximum atomic E-state index is 12.6. The van der Waals surface area contributed by atoms with Crippen LogP contribution in [-0.2, 0) is 14.6 Å². The highest BCUT2D eigenvalue weighted by molar-refractivity contribution is 9.10. The van der Waals surface area contributed by atoms with Gasteiger partial charge in [0.1, 0.15) is 5.25 Å². The molecule has 1 atom stereocenters. The Morgan fingerprint density at radius 1 is 1.16 bits per heavy atom. The molecule has 0 aliphatic heterocycles. The van der Waals surface area contributed by atoms with E-state index in [9.17, 15) is 13.2 Å². The Morgan fingerprint density at radius 2 is 1.63 bits per heavy atom. The Bertz CT molecular complexity index is 550. The summed E-state index contributed by atoms with van der Waals surface area (Å²) in [5, 5.41) is -1.05. The molecule has 19 heavy (non-hydrogen) atoms. The lowest BCUT2D eigenvalue weighted by molar-refractivity contribution is -0.128. The number of rotatable bonds is 4. The largest absolute Gasteiger partial charge is 0.348 e. The van der Waals surface area contributed by atoms with Crippen molar-refractivity contribution in [3.63, 3.8) is 0 Å². The second-order valence-corrected chi connectivity index (χ2v) is 7.88. The first-order valence-electron chi connectivity index (χ1n) is 5.88. The fraction of sp³-hybridized carbons (Fsp3) is 0.462. The highest BCUT2D eigenvalue weighted by Crippen LogP contribution is 2.24. The van der Waals surface area contributed by atoms with Gasteiger partial charge in [0, 0.05) is 18.6 Å². The van der Waals surface area contributed by atoms with E-state index in [0.29, 0.717) is 0 Å². The Balaban J connectivity index is 3.28. The third-order valence-electron chi connectivity index (χ3n) is 2.77. The molecule has 0 radical (unpaired) electrons. The summed E-state index contributed by atoms with van der Waals surface area (Å²) in [4.78, 5) is 13.6. The number of halogens is 1. The normalized spacial score (nSPS) is 13.4. The molecule has 0 saturated carbocycles. The maximum absolute atomic E-state index is 12.6. The summed E-state index contributed by atoms with van der Waals surface area (Å²) >= 11 is 3.26. The molecule has 1 amide bonds. The van der Waals surface area contributed by atoms with E-state index in [2.05, 4.69) is 15.9 Å². The van der Waals surface area contributed by atoms with E-state index in [0.717, 1.165) is 4.47 Å². The van der Waals surface area contributed by atoms with Gasteiger partial charge in [-0.2, -0.15) is 0 Å². The summed E-state index contributed by atoms with van der Waals surface area (Å²) in [6.07, 6.45) is 0. The molecular formula is C13H18BrNO3S. The minimum atomic E-state index is -3.67. The Kier molecular flexibility index (Phi) is 5.15. The van der Waals surface area contributed by atoms with Gasteiger partial charge in [-0.15, -0.1) is 0 Å². The molecule has 0 spiro atoms. The predicted molar refractivity (Wildman–Crippen MR) is 78.6 cm³/mol. The van der Waals surface area contributed by atoms with Crippen LogP contribution in [0.4, 0.5) is 0 Å². The lowest BCUT2D eigenvalue weighted by atomic mass is 10.1.